The number of nitrogens with one attached hydrogen (secondary N) is 1. The van der Waals surface area contributed by atoms with Gasteiger partial charge in [-0.05, 0) is 44.2 Å². The van der Waals surface area contributed by atoms with E-state index < -0.39 is 0 Å². The summed E-state index contributed by atoms with van der Waals surface area (Å²) in [6.45, 7) is 13.3. The van der Waals surface area contributed by atoms with Gasteiger partial charge < -0.3 is 5.32 Å². The van der Waals surface area contributed by atoms with Crippen LogP contribution in [-0.2, 0) is 0 Å². The molecule has 0 aliphatic rings. The average molecular weight is 266 g/mol. The van der Waals surface area contributed by atoms with Crippen molar-refractivity contribution >= 4 is 0 Å². The third kappa shape index (κ3) is 5.68. The first kappa shape index (κ1) is 16.1. The minimum Gasteiger partial charge on any atom is -0.304 e. The molecule has 1 aromatic heterocycles. The van der Waals surface area contributed by atoms with E-state index in [0.29, 0.717) is 0 Å². The van der Waals surface area contributed by atoms with Gasteiger partial charge in [-0.3, -0.25) is 4.98 Å². The average Bonchev–Trinajstić information content (AvgIpc) is 2.24. The van der Waals surface area contributed by atoms with E-state index in [-0.39, 0.29) is 22.8 Å². The maximum atomic E-state index is 12.9. The van der Waals surface area contributed by atoms with E-state index in [1.807, 2.05) is 0 Å². The molecule has 0 saturated carbocycles. The molecule has 3 heteroatoms. The molecule has 1 heterocycles. The molecule has 0 radical (unpaired) electrons. The van der Waals surface area contributed by atoms with Gasteiger partial charge in [0.1, 0.15) is 5.82 Å². The predicted octanol–water partition coefficient (Wildman–Crippen LogP) is 4.48. The topological polar surface area (TPSA) is 24.9 Å². The molecular formula is C16H27FN2. The fourth-order valence-electron chi connectivity index (χ4n) is 2.83. The van der Waals surface area contributed by atoms with Crippen molar-refractivity contribution in [2.24, 2.45) is 5.41 Å². The van der Waals surface area contributed by atoms with Crippen LogP contribution in [0.1, 0.15) is 66.1 Å². The second-order valence-corrected chi connectivity index (χ2v) is 7.13. The molecule has 0 aliphatic heterocycles. The van der Waals surface area contributed by atoms with Crippen LogP contribution in [0.3, 0.4) is 0 Å². The molecule has 1 unspecified atom stereocenters. The van der Waals surface area contributed by atoms with Crippen molar-refractivity contribution in [1.82, 2.24) is 10.3 Å². The summed E-state index contributed by atoms with van der Waals surface area (Å²) in [6, 6.07) is 3.41. The molecule has 0 bridgehead atoms. The lowest BCUT2D eigenvalue weighted by atomic mass is 9.81. The van der Waals surface area contributed by atoms with E-state index in [4.69, 9.17) is 0 Å². The lowest BCUT2D eigenvalue weighted by molar-refractivity contribution is 0.219. The van der Waals surface area contributed by atoms with Gasteiger partial charge in [0.25, 0.3) is 0 Å². The summed E-state index contributed by atoms with van der Waals surface area (Å²) >= 11 is 0. The van der Waals surface area contributed by atoms with Crippen molar-refractivity contribution < 1.29 is 4.39 Å². The minimum absolute atomic E-state index is 0.0228. The van der Waals surface area contributed by atoms with E-state index >= 15 is 0 Å². The van der Waals surface area contributed by atoms with Gasteiger partial charge in [-0.1, -0.05) is 27.7 Å². The smallest absolute Gasteiger partial charge is 0.141 e. The van der Waals surface area contributed by atoms with E-state index in [1.54, 1.807) is 6.07 Å². The van der Waals surface area contributed by atoms with Gasteiger partial charge in [0.2, 0.25) is 0 Å². The number of halogens is 1. The highest BCUT2D eigenvalue weighted by molar-refractivity contribution is 5.10. The van der Waals surface area contributed by atoms with Gasteiger partial charge >= 0.3 is 0 Å². The molecule has 2 nitrogen and oxygen atoms in total. The molecule has 1 N–H and O–H groups in total. The second kappa shape index (κ2) is 6.00. The van der Waals surface area contributed by atoms with Crippen LogP contribution in [0.25, 0.3) is 0 Å². The highest BCUT2D eigenvalue weighted by atomic mass is 19.1. The zero-order valence-corrected chi connectivity index (χ0v) is 13.0. The van der Waals surface area contributed by atoms with Crippen molar-refractivity contribution in [3.05, 3.63) is 29.8 Å². The molecule has 1 atom stereocenters. The summed E-state index contributed by atoms with van der Waals surface area (Å²) in [6.07, 6.45) is 3.29. The Morgan fingerprint density at radius 3 is 2.26 bits per heavy atom. The summed E-state index contributed by atoms with van der Waals surface area (Å²) in [4.78, 5) is 4.19. The molecule has 108 valence electrons. The largest absolute Gasteiger partial charge is 0.304 e. The van der Waals surface area contributed by atoms with Crippen LogP contribution in [0.5, 0.6) is 0 Å². The number of hydrogen-bond acceptors (Lipinski definition) is 2. The van der Waals surface area contributed by atoms with Crippen LogP contribution < -0.4 is 5.32 Å². The van der Waals surface area contributed by atoms with Crippen LogP contribution in [0.2, 0.25) is 0 Å². The number of nitrogens with zero attached hydrogens (tertiary/aromatic N) is 1. The van der Waals surface area contributed by atoms with Crippen molar-refractivity contribution in [1.29, 1.82) is 0 Å². The Bertz CT molecular complexity index is 390. The Morgan fingerprint density at radius 1 is 1.21 bits per heavy atom. The molecule has 1 aromatic rings. The Labute approximate surface area is 116 Å². The summed E-state index contributed by atoms with van der Waals surface area (Å²) in [7, 11) is 0. The first-order valence-electron chi connectivity index (χ1n) is 7.02. The van der Waals surface area contributed by atoms with Crippen molar-refractivity contribution in [2.75, 3.05) is 0 Å². The van der Waals surface area contributed by atoms with E-state index in [1.165, 1.54) is 12.3 Å². The van der Waals surface area contributed by atoms with Gasteiger partial charge in [-0.15, -0.1) is 0 Å². The maximum absolute atomic E-state index is 12.9. The Hall–Kier alpha value is -0.960. The van der Waals surface area contributed by atoms with Gasteiger partial charge in [-0.2, -0.15) is 0 Å². The summed E-state index contributed by atoms with van der Waals surface area (Å²) in [5, 5.41) is 3.65. The molecule has 0 fully saturated rings. The lowest BCUT2D eigenvalue weighted by Crippen LogP contribution is -2.44. The SMILES string of the molecule is CCC(NC(C)(C)CC(C)(C)C)c1ccc(F)cn1. The molecule has 19 heavy (non-hydrogen) atoms. The number of aromatic nitrogens is 1. The summed E-state index contributed by atoms with van der Waals surface area (Å²) < 4.78 is 12.9. The van der Waals surface area contributed by atoms with Gasteiger partial charge in [0, 0.05) is 11.6 Å². The molecule has 1 rings (SSSR count). The maximum Gasteiger partial charge on any atom is 0.141 e. The number of rotatable bonds is 5. The van der Waals surface area contributed by atoms with E-state index in [0.717, 1.165) is 18.5 Å². The normalized spacial score (nSPS) is 14.5. The molecule has 0 spiro atoms. The van der Waals surface area contributed by atoms with Crippen molar-refractivity contribution in [2.45, 2.75) is 66.0 Å². The standard InChI is InChI=1S/C16H27FN2/c1-7-13(14-9-8-12(17)10-18-14)19-16(5,6)11-15(2,3)4/h8-10,13,19H,7,11H2,1-6H3. The molecule has 0 aliphatic carbocycles. The van der Waals surface area contributed by atoms with Gasteiger partial charge in [0.05, 0.1) is 11.9 Å². The number of hydrogen-bond donors (Lipinski definition) is 1. The second-order valence-electron chi connectivity index (χ2n) is 7.13. The Balaban J connectivity index is 2.79. The molecule has 0 aromatic carbocycles. The van der Waals surface area contributed by atoms with E-state index in [2.05, 4.69) is 51.8 Å². The highest BCUT2D eigenvalue weighted by Crippen LogP contribution is 2.29. The molecule has 0 amide bonds. The minimum atomic E-state index is -0.285. The van der Waals surface area contributed by atoms with Crippen molar-refractivity contribution in [3.8, 4) is 0 Å². The zero-order valence-electron chi connectivity index (χ0n) is 13.0. The Morgan fingerprint density at radius 2 is 1.84 bits per heavy atom. The Kier molecular flexibility index (Phi) is 5.08. The van der Waals surface area contributed by atoms with Crippen molar-refractivity contribution in [3.63, 3.8) is 0 Å². The first-order chi connectivity index (χ1) is 8.63. The molecule has 0 saturated heterocycles. The summed E-state index contributed by atoms with van der Waals surface area (Å²) in [5.74, 6) is -0.285. The van der Waals surface area contributed by atoms with Crippen LogP contribution >= 0.6 is 0 Å². The zero-order chi connectivity index (χ0) is 14.7. The quantitative estimate of drug-likeness (QED) is 0.850. The monoisotopic (exact) mass is 266 g/mol. The third-order valence-electron chi connectivity index (χ3n) is 3.05. The highest BCUT2D eigenvalue weighted by Gasteiger charge is 2.28. The first-order valence-corrected chi connectivity index (χ1v) is 7.02. The third-order valence-corrected chi connectivity index (χ3v) is 3.05. The van der Waals surface area contributed by atoms with Crippen LogP contribution in [0.4, 0.5) is 4.39 Å². The van der Waals surface area contributed by atoms with Crippen LogP contribution in [0, 0.1) is 11.2 Å². The van der Waals surface area contributed by atoms with Gasteiger partial charge in [-0.25, -0.2) is 4.39 Å². The van der Waals surface area contributed by atoms with Gasteiger partial charge in [0.15, 0.2) is 0 Å². The fraction of sp³-hybridized carbons (Fsp3) is 0.688. The summed E-state index contributed by atoms with van der Waals surface area (Å²) in [5.41, 5.74) is 1.20. The molecular weight excluding hydrogens is 239 g/mol. The fourth-order valence-corrected chi connectivity index (χ4v) is 2.83. The van der Waals surface area contributed by atoms with Crippen LogP contribution in [0.15, 0.2) is 18.3 Å². The van der Waals surface area contributed by atoms with E-state index in [9.17, 15) is 4.39 Å². The predicted molar refractivity (Wildman–Crippen MR) is 78.5 cm³/mol. The lowest BCUT2D eigenvalue weighted by Gasteiger charge is -2.36. The van der Waals surface area contributed by atoms with Crippen LogP contribution in [-0.4, -0.2) is 10.5 Å². The number of pyridine rings is 1.